The van der Waals surface area contributed by atoms with Crippen LogP contribution in [-0.4, -0.2) is 24.4 Å². The van der Waals surface area contributed by atoms with Gasteiger partial charge in [-0.05, 0) is 40.0 Å². The molecule has 0 fully saturated rings. The lowest BCUT2D eigenvalue weighted by atomic mass is 10.1. The molecule has 2 aromatic rings. The van der Waals surface area contributed by atoms with E-state index in [2.05, 4.69) is 28.1 Å². The van der Waals surface area contributed by atoms with Gasteiger partial charge in [0.05, 0.1) is 10.6 Å². The second-order valence-electron chi connectivity index (χ2n) is 4.56. The van der Waals surface area contributed by atoms with E-state index in [0.717, 1.165) is 6.42 Å². The van der Waals surface area contributed by atoms with Crippen LogP contribution in [0, 0.1) is 0 Å². The molecule has 0 heterocycles. The normalized spacial score (nSPS) is 10.3. The van der Waals surface area contributed by atoms with E-state index in [-0.39, 0.29) is 5.91 Å². The molecule has 0 unspecified atom stereocenters. The Labute approximate surface area is 132 Å². The van der Waals surface area contributed by atoms with Gasteiger partial charge in [-0.2, -0.15) is 0 Å². The van der Waals surface area contributed by atoms with Crippen LogP contribution in [0.4, 0.5) is 0 Å². The van der Waals surface area contributed by atoms with Crippen molar-refractivity contribution < 1.29 is 4.79 Å². The number of amides is 1. The van der Waals surface area contributed by atoms with Crippen molar-refractivity contribution in [3.05, 3.63) is 69.2 Å². The number of halogens is 2. The molecular weight excluding hydrogens is 338 g/mol. The van der Waals surface area contributed by atoms with Gasteiger partial charge in [-0.25, -0.2) is 0 Å². The van der Waals surface area contributed by atoms with E-state index < -0.39 is 0 Å². The number of hydrogen-bond donors (Lipinski definition) is 0. The van der Waals surface area contributed by atoms with Crippen molar-refractivity contribution >= 4 is 33.4 Å². The minimum atomic E-state index is -0.0321. The van der Waals surface area contributed by atoms with Crippen LogP contribution in [-0.2, 0) is 6.42 Å². The highest BCUT2D eigenvalue weighted by molar-refractivity contribution is 9.10. The fourth-order valence-electron chi connectivity index (χ4n) is 1.92. The molecule has 2 nitrogen and oxygen atoms in total. The van der Waals surface area contributed by atoms with Gasteiger partial charge < -0.3 is 4.90 Å². The predicted molar refractivity (Wildman–Crippen MR) is 86.3 cm³/mol. The summed E-state index contributed by atoms with van der Waals surface area (Å²) < 4.78 is 0.651. The fourth-order valence-corrected chi connectivity index (χ4v) is 2.53. The van der Waals surface area contributed by atoms with Crippen LogP contribution in [0.2, 0.25) is 5.02 Å². The van der Waals surface area contributed by atoms with Crippen molar-refractivity contribution in [2.75, 3.05) is 13.6 Å². The molecule has 0 radical (unpaired) electrons. The smallest absolute Gasteiger partial charge is 0.254 e. The highest BCUT2D eigenvalue weighted by Gasteiger charge is 2.16. The van der Waals surface area contributed by atoms with E-state index in [0.29, 0.717) is 21.6 Å². The van der Waals surface area contributed by atoms with Crippen molar-refractivity contribution in [2.45, 2.75) is 6.42 Å². The summed E-state index contributed by atoms with van der Waals surface area (Å²) in [5.41, 5.74) is 1.81. The minimum Gasteiger partial charge on any atom is -0.341 e. The molecule has 0 saturated heterocycles. The number of benzene rings is 2. The molecule has 0 N–H and O–H groups in total. The first-order valence-corrected chi connectivity index (χ1v) is 7.50. The summed E-state index contributed by atoms with van der Waals surface area (Å²) in [6.45, 7) is 0.668. The van der Waals surface area contributed by atoms with Gasteiger partial charge in [0.25, 0.3) is 5.91 Å². The molecular formula is C16H15BrClNO. The molecule has 0 spiro atoms. The van der Waals surface area contributed by atoms with Gasteiger partial charge in [0.15, 0.2) is 0 Å². The zero-order valence-electron chi connectivity index (χ0n) is 11.1. The van der Waals surface area contributed by atoms with E-state index in [4.69, 9.17) is 11.6 Å². The van der Waals surface area contributed by atoms with Crippen LogP contribution in [0.1, 0.15) is 15.9 Å². The standard InChI is InChI=1S/C16H15BrClNO/c1-19(11-10-12-6-3-2-4-7-12)16(20)13-8-5-9-14(18)15(13)17/h2-9H,10-11H2,1H3. The van der Waals surface area contributed by atoms with Crippen molar-refractivity contribution in [3.63, 3.8) is 0 Å². The average Bonchev–Trinajstić information content (AvgIpc) is 2.48. The molecule has 0 aliphatic heterocycles. The molecule has 0 aliphatic carbocycles. The van der Waals surface area contributed by atoms with Crippen LogP contribution in [0.3, 0.4) is 0 Å². The zero-order chi connectivity index (χ0) is 14.5. The Kier molecular flexibility index (Phi) is 5.21. The number of hydrogen-bond acceptors (Lipinski definition) is 1. The second kappa shape index (κ2) is 6.91. The summed E-state index contributed by atoms with van der Waals surface area (Å²) in [5.74, 6) is -0.0321. The van der Waals surface area contributed by atoms with E-state index >= 15 is 0 Å². The Bertz CT molecular complexity index is 601. The zero-order valence-corrected chi connectivity index (χ0v) is 13.5. The first kappa shape index (κ1) is 15.1. The quantitative estimate of drug-likeness (QED) is 0.798. The monoisotopic (exact) mass is 351 g/mol. The Morgan fingerprint density at radius 3 is 2.55 bits per heavy atom. The first-order valence-electron chi connectivity index (χ1n) is 6.33. The molecule has 1 amide bonds. The third kappa shape index (κ3) is 3.62. The van der Waals surface area contributed by atoms with Gasteiger partial charge in [0.2, 0.25) is 0 Å². The van der Waals surface area contributed by atoms with Crippen LogP contribution in [0.5, 0.6) is 0 Å². The lowest BCUT2D eigenvalue weighted by Gasteiger charge is -2.18. The highest BCUT2D eigenvalue weighted by atomic mass is 79.9. The summed E-state index contributed by atoms with van der Waals surface area (Å²) in [6.07, 6.45) is 0.835. The predicted octanol–water partition coefficient (Wildman–Crippen LogP) is 4.42. The topological polar surface area (TPSA) is 20.3 Å². The van der Waals surface area contributed by atoms with Gasteiger partial charge in [-0.3, -0.25) is 4.79 Å². The largest absolute Gasteiger partial charge is 0.341 e. The Morgan fingerprint density at radius 1 is 1.15 bits per heavy atom. The lowest BCUT2D eigenvalue weighted by Crippen LogP contribution is -2.29. The number of rotatable bonds is 4. The van der Waals surface area contributed by atoms with Crippen molar-refractivity contribution in [2.24, 2.45) is 0 Å². The van der Waals surface area contributed by atoms with E-state index in [1.54, 1.807) is 30.1 Å². The van der Waals surface area contributed by atoms with E-state index in [1.165, 1.54) is 5.56 Å². The summed E-state index contributed by atoms with van der Waals surface area (Å²) in [5, 5.41) is 0.548. The second-order valence-corrected chi connectivity index (χ2v) is 5.76. The van der Waals surface area contributed by atoms with Crippen LogP contribution < -0.4 is 0 Å². The molecule has 0 aromatic heterocycles. The maximum atomic E-state index is 12.4. The average molecular weight is 353 g/mol. The summed E-state index contributed by atoms with van der Waals surface area (Å²) in [4.78, 5) is 14.1. The molecule has 0 saturated carbocycles. The van der Waals surface area contributed by atoms with E-state index in [9.17, 15) is 4.79 Å². The third-order valence-corrected chi connectivity index (χ3v) is 4.50. The van der Waals surface area contributed by atoms with Crippen molar-refractivity contribution in [1.82, 2.24) is 4.90 Å². The maximum Gasteiger partial charge on any atom is 0.254 e. The number of nitrogens with zero attached hydrogens (tertiary/aromatic N) is 1. The summed E-state index contributed by atoms with van der Waals surface area (Å²) >= 11 is 9.38. The maximum absolute atomic E-state index is 12.4. The molecule has 0 bridgehead atoms. The van der Waals surface area contributed by atoms with Crippen LogP contribution in [0.25, 0.3) is 0 Å². The number of likely N-dealkylation sites (N-methyl/N-ethyl adjacent to an activating group) is 1. The number of carbonyl (C=O) groups excluding carboxylic acids is 1. The lowest BCUT2D eigenvalue weighted by molar-refractivity contribution is 0.0795. The van der Waals surface area contributed by atoms with E-state index in [1.807, 2.05) is 18.2 Å². The summed E-state index contributed by atoms with van der Waals surface area (Å²) in [6, 6.07) is 15.4. The van der Waals surface area contributed by atoms with Gasteiger partial charge >= 0.3 is 0 Å². The Hall–Kier alpha value is -1.32. The fraction of sp³-hybridized carbons (Fsp3) is 0.188. The first-order chi connectivity index (χ1) is 9.59. The van der Waals surface area contributed by atoms with Crippen LogP contribution in [0.15, 0.2) is 53.0 Å². The van der Waals surface area contributed by atoms with Gasteiger partial charge in [-0.15, -0.1) is 0 Å². The molecule has 0 aliphatic rings. The van der Waals surface area contributed by atoms with Gasteiger partial charge in [0, 0.05) is 18.1 Å². The summed E-state index contributed by atoms with van der Waals surface area (Å²) in [7, 11) is 1.80. The molecule has 2 aromatic carbocycles. The van der Waals surface area contributed by atoms with Crippen molar-refractivity contribution in [1.29, 1.82) is 0 Å². The van der Waals surface area contributed by atoms with Gasteiger partial charge in [-0.1, -0.05) is 48.0 Å². The SMILES string of the molecule is CN(CCc1ccccc1)C(=O)c1cccc(Cl)c1Br. The minimum absolute atomic E-state index is 0.0321. The van der Waals surface area contributed by atoms with Gasteiger partial charge in [0.1, 0.15) is 0 Å². The highest BCUT2D eigenvalue weighted by Crippen LogP contribution is 2.26. The molecule has 20 heavy (non-hydrogen) atoms. The molecule has 104 valence electrons. The Balaban J connectivity index is 2.04. The van der Waals surface area contributed by atoms with Crippen molar-refractivity contribution in [3.8, 4) is 0 Å². The van der Waals surface area contributed by atoms with Crippen LogP contribution >= 0.6 is 27.5 Å². The Morgan fingerprint density at radius 2 is 1.85 bits per heavy atom. The third-order valence-electron chi connectivity index (χ3n) is 3.11. The molecule has 4 heteroatoms. The number of carbonyl (C=O) groups is 1. The molecule has 2 rings (SSSR count). The molecule has 0 atom stereocenters.